The molecule has 5 aliphatic rings. The van der Waals surface area contributed by atoms with Crippen LogP contribution >= 0.6 is 0 Å². The molecule has 12 nitrogen and oxygen atoms in total. The summed E-state index contributed by atoms with van der Waals surface area (Å²) in [5.74, 6) is -0.486. The van der Waals surface area contributed by atoms with Crippen molar-refractivity contribution < 1.29 is 38.8 Å². The first-order valence-corrected chi connectivity index (χ1v) is 13.1. The van der Waals surface area contributed by atoms with Gasteiger partial charge in [-0.25, -0.2) is 0 Å². The highest BCUT2D eigenvalue weighted by Gasteiger charge is 2.47. The number of hydrogen-bond acceptors (Lipinski definition) is 9. The molecule has 5 saturated heterocycles. The number of carbonyl (C=O) groups is 3. The third kappa shape index (κ3) is 5.39. The van der Waals surface area contributed by atoms with Gasteiger partial charge in [0, 0.05) is 64.9 Å². The van der Waals surface area contributed by atoms with Crippen LogP contribution in [0.1, 0.15) is 32.6 Å². The van der Waals surface area contributed by atoms with E-state index in [0.717, 1.165) is 12.8 Å². The summed E-state index contributed by atoms with van der Waals surface area (Å²) in [6.07, 6.45) is -2.45. The molecular formula is C24H38N4O8. The maximum atomic E-state index is 13.8. The van der Waals surface area contributed by atoms with Crippen LogP contribution < -0.4 is 5.32 Å². The van der Waals surface area contributed by atoms with E-state index in [9.17, 15) is 24.6 Å². The Bertz CT molecular complexity index is 839. The van der Waals surface area contributed by atoms with Gasteiger partial charge in [0.05, 0.1) is 31.3 Å². The second kappa shape index (κ2) is 10.9. The Labute approximate surface area is 210 Å². The molecule has 0 aromatic rings. The summed E-state index contributed by atoms with van der Waals surface area (Å²) in [6, 6.07) is -0.349. The lowest BCUT2D eigenvalue weighted by Gasteiger charge is -2.40. The summed E-state index contributed by atoms with van der Waals surface area (Å²) in [7, 11) is 0. The zero-order valence-electron chi connectivity index (χ0n) is 20.8. The largest absolute Gasteiger partial charge is 0.388 e. The normalized spacial score (nSPS) is 39.4. The van der Waals surface area contributed by atoms with Gasteiger partial charge in [-0.3, -0.25) is 19.3 Å². The minimum Gasteiger partial charge on any atom is -0.388 e. The molecule has 0 aromatic carbocycles. The first-order valence-electron chi connectivity index (χ1n) is 13.1. The summed E-state index contributed by atoms with van der Waals surface area (Å²) in [5, 5.41) is 24.2. The van der Waals surface area contributed by atoms with Gasteiger partial charge in [0.2, 0.25) is 17.7 Å². The van der Waals surface area contributed by atoms with Crippen LogP contribution in [-0.2, 0) is 28.6 Å². The number of nitrogens with zero attached hydrogens (tertiary/aromatic N) is 3. The molecule has 3 N–H and O–H groups in total. The molecule has 6 bridgehead atoms. The van der Waals surface area contributed by atoms with Crippen LogP contribution in [-0.4, -0.2) is 144 Å². The SMILES string of the molecule is CC(=O)N1C[C@@H]2CN(CCO2)C(=O)[C@@H]2C[C@@H](CN2C2CCOCC2)NC(=O)C[C@@H]2O[C@H](C1)[C@@H](O)[C@H]2O. The number of hydrogen-bond donors (Lipinski definition) is 3. The molecule has 7 atom stereocenters. The van der Waals surface area contributed by atoms with Crippen LogP contribution in [0.3, 0.4) is 0 Å². The summed E-state index contributed by atoms with van der Waals surface area (Å²) in [4.78, 5) is 44.7. The van der Waals surface area contributed by atoms with Crippen molar-refractivity contribution >= 4 is 17.7 Å². The zero-order valence-corrected chi connectivity index (χ0v) is 20.8. The number of nitrogens with one attached hydrogen (secondary N) is 1. The number of likely N-dealkylation sites (tertiary alicyclic amines) is 1. The molecule has 5 aliphatic heterocycles. The van der Waals surface area contributed by atoms with Crippen molar-refractivity contribution in [3.63, 3.8) is 0 Å². The third-order valence-corrected chi connectivity index (χ3v) is 8.22. The Morgan fingerprint density at radius 3 is 2.50 bits per heavy atom. The minimum atomic E-state index is -1.23. The predicted molar refractivity (Wildman–Crippen MR) is 125 cm³/mol. The van der Waals surface area contributed by atoms with Gasteiger partial charge < -0.3 is 39.5 Å². The van der Waals surface area contributed by atoms with Crippen LogP contribution in [0.5, 0.6) is 0 Å². The van der Waals surface area contributed by atoms with E-state index >= 15 is 0 Å². The fourth-order valence-corrected chi connectivity index (χ4v) is 6.28. The molecule has 0 unspecified atom stereocenters. The lowest BCUT2D eigenvalue weighted by molar-refractivity contribution is -0.147. The van der Waals surface area contributed by atoms with Crippen LogP contribution in [0.25, 0.3) is 0 Å². The van der Waals surface area contributed by atoms with E-state index in [2.05, 4.69) is 10.2 Å². The van der Waals surface area contributed by atoms with E-state index in [1.165, 1.54) is 11.8 Å². The Morgan fingerprint density at radius 1 is 1.00 bits per heavy atom. The van der Waals surface area contributed by atoms with Crippen molar-refractivity contribution in [2.45, 2.75) is 81.3 Å². The summed E-state index contributed by atoms with van der Waals surface area (Å²) in [5.41, 5.74) is 0. The quantitative estimate of drug-likeness (QED) is 0.355. The first kappa shape index (κ1) is 25.8. The highest BCUT2D eigenvalue weighted by atomic mass is 16.5. The van der Waals surface area contributed by atoms with Gasteiger partial charge in [-0.2, -0.15) is 0 Å². The maximum Gasteiger partial charge on any atom is 0.240 e. The standard InChI is InChI=1S/C24H38N4O8/c1-14(29)27-12-17-11-26(4-7-35-17)24(33)18-8-15(10-28(18)16-2-5-34-6-3-16)25-21(30)9-19-22(31)23(32)20(13-27)36-19/h15-20,22-23,31-32H,2-13H2,1H3,(H,25,30)/t15-,17-,18-,19-,20+,22-,23+/m0/s1. The molecule has 0 saturated carbocycles. The fraction of sp³-hybridized carbons (Fsp3) is 0.875. The molecule has 202 valence electrons. The van der Waals surface area contributed by atoms with Crippen LogP contribution in [0, 0.1) is 0 Å². The van der Waals surface area contributed by atoms with E-state index in [0.29, 0.717) is 45.9 Å². The summed E-state index contributed by atoms with van der Waals surface area (Å²) in [6.45, 7) is 4.80. The average molecular weight is 511 g/mol. The van der Waals surface area contributed by atoms with E-state index in [1.807, 2.05) is 4.90 Å². The van der Waals surface area contributed by atoms with E-state index in [-0.39, 0.29) is 61.5 Å². The molecule has 12 heteroatoms. The molecule has 5 rings (SSSR count). The molecular weight excluding hydrogens is 472 g/mol. The number of carbonyl (C=O) groups excluding carboxylic acids is 3. The number of morpholine rings is 1. The highest BCUT2D eigenvalue weighted by Crippen LogP contribution is 2.29. The van der Waals surface area contributed by atoms with Gasteiger partial charge in [-0.15, -0.1) is 0 Å². The number of fused-ring (bicyclic) bond motifs is 6. The number of rotatable bonds is 1. The highest BCUT2D eigenvalue weighted by molar-refractivity contribution is 5.83. The number of ether oxygens (including phenoxy) is 3. The van der Waals surface area contributed by atoms with Gasteiger partial charge in [0.1, 0.15) is 18.3 Å². The Balaban J connectivity index is 1.40. The average Bonchev–Trinajstić information content (AvgIpc) is 3.40. The second-order valence-electron chi connectivity index (χ2n) is 10.7. The van der Waals surface area contributed by atoms with E-state index in [1.54, 1.807) is 0 Å². The van der Waals surface area contributed by atoms with Crippen LogP contribution in [0.2, 0.25) is 0 Å². The van der Waals surface area contributed by atoms with Crippen molar-refractivity contribution in [1.29, 1.82) is 0 Å². The van der Waals surface area contributed by atoms with E-state index in [4.69, 9.17) is 14.2 Å². The lowest BCUT2D eigenvalue weighted by atomic mass is 10.0. The number of amides is 3. The molecule has 36 heavy (non-hydrogen) atoms. The molecule has 5 heterocycles. The van der Waals surface area contributed by atoms with Crippen LogP contribution in [0.15, 0.2) is 0 Å². The zero-order chi connectivity index (χ0) is 25.4. The molecule has 5 fully saturated rings. The maximum absolute atomic E-state index is 13.8. The Kier molecular flexibility index (Phi) is 7.80. The van der Waals surface area contributed by atoms with Crippen molar-refractivity contribution in [2.75, 3.05) is 52.5 Å². The fourth-order valence-electron chi connectivity index (χ4n) is 6.28. The van der Waals surface area contributed by atoms with Gasteiger partial charge in [0.25, 0.3) is 0 Å². The van der Waals surface area contributed by atoms with E-state index < -0.39 is 24.4 Å². The molecule has 0 radical (unpaired) electrons. The monoisotopic (exact) mass is 510 g/mol. The molecule has 0 aliphatic carbocycles. The van der Waals surface area contributed by atoms with Crippen molar-refractivity contribution in [3.8, 4) is 0 Å². The minimum absolute atomic E-state index is 0.0299. The number of aliphatic hydroxyl groups excluding tert-OH is 2. The third-order valence-electron chi connectivity index (χ3n) is 8.22. The summed E-state index contributed by atoms with van der Waals surface area (Å²) < 4.78 is 17.3. The van der Waals surface area contributed by atoms with Gasteiger partial charge in [-0.1, -0.05) is 0 Å². The second-order valence-corrected chi connectivity index (χ2v) is 10.7. The van der Waals surface area contributed by atoms with Gasteiger partial charge in [0.15, 0.2) is 0 Å². The van der Waals surface area contributed by atoms with Crippen molar-refractivity contribution in [1.82, 2.24) is 20.0 Å². The topological polar surface area (TPSA) is 141 Å². The van der Waals surface area contributed by atoms with Crippen LogP contribution in [0.4, 0.5) is 0 Å². The Hall–Kier alpha value is -1.83. The Morgan fingerprint density at radius 2 is 1.75 bits per heavy atom. The first-order chi connectivity index (χ1) is 17.3. The van der Waals surface area contributed by atoms with Crippen molar-refractivity contribution in [2.24, 2.45) is 0 Å². The summed E-state index contributed by atoms with van der Waals surface area (Å²) >= 11 is 0. The van der Waals surface area contributed by atoms with Gasteiger partial charge in [-0.05, 0) is 19.3 Å². The molecule has 3 amide bonds. The molecule has 0 aromatic heterocycles. The van der Waals surface area contributed by atoms with Crippen molar-refractivity contribution in [3.05, 3.63) is 0 Å². The number of aliphatic hydroxyl groups is 2. The smallest absolute Gasteiger partial charge is 0.240 e. The molecule has 0 spiro atoms. The lowest BCUT2D eigenvalue weighted by Crippen LogP contribution is -2.56. The van der Waals surface area contributed by atoms with Gasteiger partial charge >= 0.3 is 0 Å². The predicted octanol–water partition coefficient (Wildman–Crippen LogP) is -2.31.